The van der Waals surface area contributed by atoms with E-state index in [1.54, 1.807) is 0 Å². The van der Waals surface area contributed by atoms with Crippen molar-refractivity contribution in [3.05, 3.63) is 17.5 Å². The molecule has 3 rings (SSSR count). The number of carbonyl (C=O) groups is 1. The average molecular weight is 277 g/mol. The fourth-order valence-corrected chi connectivity index (χ4v) is 2.80. The van der Waals surface area contributed by atoms with Crippen molar-refractivity contribution in [1.29, 1.82) is 0 Å². The van der Waals surface area contributed by atoms with Crippen LogP contribution in [0.5, 0.6) is 0 Å². The number of hydrogen-bond acceptors (Lipinski definition) is 4. The highest BCUT2D eigenvalue weighted by Crippen LogP contribution is 2.40. The lowest BCUT2D eigenvalue weighted by Crippen LogP contribution is -2.40. The topological polar surface area (TPSA) is 58.4 Å². The highest BCUT2D eigenvalue weighted by molar-refractivity contribution is 5.92. The summed E-state index contributed by atoms with van der Waals surface area (Å²) < 4.78 is 5.27. The van der Waals surface area contributed by atoms with Gasteiger partial charge >= 0.3 is 0 Å². The summed E-state index contributed by atoms with van der Waals surface area (Å²) in [6, 6.07) is 1.84. The fraction of sp³-hybridized carbons (Fsp3) is 0.733. The molecule has 1 aliphatic carbocycles. The van der Waals surface area contributed by atoms with Crippen molar-refractivity contribution in [3.8, 4) is 0 Å². The zero-order valence-corrected chi connectivity index (χ0v) is 12.1. The Hall–Kier alpha value is -1.36. The molecule has 5 nitrogen and oxygen atoms in total. The first-order chi connectivity index (χ1) is 9.78. The largest absolute Gasteiger partial charge is 0.360 e. The predicted molar refractivity (Wildman–Crippen MR) is 75.6 cm³/mol. The Morgan fingerprint density at radius 1 is 1.40 bits per heavy atom. The van der Waals surface area contributed by atoms with Gasteiger partial charge in [0, 0.05) is 25.1 Å². The molecule has 1 aliphatic heterocycles. The van der Waals surface area contributed by atoms with E-state index in [-0.39, 0.29) is 5.91 Å². The summed E-state index contributed by atoms with van der Waals surface area (Å²) >= 11 is 0. The van der Waals surface area contributed by atoms with E-state index < -0.39 is 0 Å². The molecule has 1 saturated heterocycles. The third-order valence-corrected chi connectivity index (χ3v) is 4.31. The van der Waals surface area contributed by atoms with Crippen LogP contribution in [0.2, 0.25) is 0 Å². The van der Waals surface area contributed by atoms with Gasteiger partial charge in [0.2, 0.25) is 0 Å². The summed E-state index contributed by atoms with van der Waals surface area (Å²) in [6.45, 7) is 5.87. The van der Waals surface area contributed by atoms with Gasteiger partial charge in [-0.05, 0) is 44.7 Å². The van der Waals surface area contributed by atoms with Crippen molar-refractivity contribution >= 4 is 5.91 Å². The maximum atomic E-state index is 12.4. The molecule has 0 atom stereocenters. The van der Waals surface area contributed by atoms with Crippen LogP contribution in [0.3, 0.4) is 0 Å². The van der Waals surface area contributed by atoms with Gasteiger partial charge in [-0.25, -0.2) is 0 Å². The number of aromatic nitrogens is 1. The molecule has 1 N–H and O–H groups in total. The molecule has 2 heterocycles. The monoisotopic (exact) mass is 277 g/mol. The van der Waals surface area contributed by atoms with Crippen LogP contribution >= 0.6 is 0 Å². The third kappa shape index (κ3) is 3.03. The average Bonchev–Trinajstić information content (AvgIpc) is 3.22. The molecule has 5 heteroatoms. The van der Waals surface area contributed by atoms with E-state index >= 15 is 0 Å². The number of nitrogens with zero attached hydrogens (tertiary/aromatic N) is 2. The minimum absolute atomic E-state index is 0.0301. The molecule has 1 amide bonds. The molecular formula is C15H23N3O2. The first kappa shape index (κ1) is 13.6. The molecule has 0 bridgehead atoms. The van der Waals surface area contributed by atoms with E-state index in [4.69, 9.17) is 4.52 Å². The maximum Gasteiger partial charge on any atom is 0.276 e. The Balaban J connectivity index is 1.52. The minimum atomic E-state index is 0.0301. The van der Waals surface area contributed by atoms with Crippen LogP contribution < -0.4 is 5.32 Å². The van der Waals surface area contributed by atoms with Gasteiger partial charge < -0.3 is 14.7 Å². The van der Waals surface area contributed by atoms with Gasteiger partial charge in [0.1, 0.15) is 5.76 Å². The van der Waals surface area contributed by atoms with Crippen LogP contribution in [0.4, 0.5) is 0 Å². The highest BCUT2D eigenvalue weighted by atomic mass is 16.5. The van der Waals surface area contributed by atoms with Gasteiger partial charge in [0.15, 0.2) is 5.69 Å². The first-order valence-corrected chi connectivity index (χ1v) is 7.74. The molecular weight excluding hydrogens is 254 g/mol. The number of piperidine rings is 1. The lowest BCUT2D eigenvalue weighted by atomic mass is 9.96. The smallest absolute Gasteiger partial charge is 0.276 e. The summed E-state index contributed by atoms with van der Waals surface area (Å²) in [5.41, 5.74) is 0.483. The summed E-state index contributed by atoms with van der Waals surface area (Å²) in [5.74, 6) is 2.12. The van der Waals surface area contributed by atoms with Gasteiger partial charge in [-0.3, -0.25) is 4.79 Å². The van der Waals surface area contributed by atoms with E-state index in [0.29, 0.717) is 17.5 Å². The van der Waals surface area contributed by atoms with Gasteiger partial charge in [0.25, 0.3) is 5.91 Å². The second kappa shape index (κ2) is 5.95. The minimum Gasteiger partial charge on any atom is -0.360 e. The SMILES string of the molecule is CCNCC1CCN(C(=O)c2cc(C3CC3)on2)CC1. The normalized spacial score (nSPS) is 20.4. The molecule has 2 aliphatic rings. The number of rotatable bonds is 5. The van der Waals surface area contributed by atoms with Crippen LogP contribution in [0, 0.1) is 5.92 Å². The van der Waals surface area contributed by atoms with Gasteiger partial charge in [-0.15, -0.1) is 0 Å². The Bertz CT molecular complexity index is 459. The lowest BCUT2D eigenvalue weighted by Gasteiger charge is -2.31. The molecule has 20 heavy (non-hydrogen) atoms. The molecule has 1 aromatic rings. The fourth-order valence-electron chi connectivity index (χ4n) is 2.80. The summed E-state index contributed by atoms with van der Waals surface area (Å²) in [6.07, 6.45) is 4.48. The van der Waals surface area contributed by atoms with Crippen molar-refractivity contribution in [3.63, 3.8) is 0 Å². The molecule has 2 fully saturated rings. The van der Waals surface area contributed by atoms with Crippen molar-refractivity contribution in [2.75, 3.05) is 26.2 Å². The Morgan fingerprint density at radius 3 is 2.80 bits per heavy atom. The standard InChI is InChI=1S/C15H23N3O2/c1-2-16-10-11-5-7-18(8-6-11)15(19)13-9-14(20-17-13)12-3-4-12/h9,11-12,16H,2-8,10H2,1H3. The van der Waals surface area contributed by atoms with Crippen LogP contribution in [-0.4, -0.2) is 42.1 Å². The van der Waals surface area contributed by atoms with E-state index in [1.165, 1.54) is 12.8 Å². The van der Waals surface area contributed by atoms with Crippen molar-refractivity contribution < 1.29 is 9.32 Å². The molecule has 110 valence electrons. The highest BCUT2D eigenvalue weighted by Gasteiger charge is 2.30. The van der Waals surface area contributed by atoms with E-state index in [2.05, 4.69) is 17.4 Å². The summed E-state index contributed by atoms with van der Waals surface area (Å²) in [4.78, 5) is 14.3. The molecule has 1 saturated carbocycles. The second-order valence-corrected chi connectivity index (χ2v) is 5.93. The zero-order valence-electron chi connectivity index (χ0n) is 12.1. The van der Waals surface area contributed by atoms with E-state index in [1.807, 2.05) is 11.0 Å². The predicted octanol–water partition coefficient (Wildman–Crippen LogP) is 2.01. The number of nitrogens with one attached hydrogen (secondary N) is 1. The molecule has 1 aromatic heterocycles. The van der Waals surface area contributed by atoms with Gasteiger partial charge in [-0.2, -0.15) is 0 Å². The molecule has 0 unspecified atom stereocenters. The number of likely N-dealkylation sites (tertiary alicyclic amines) is 1. The van der Waals surface area contributed by atoms with Gasteiger partial charge in [-0.1, -0.05) is 12.1 Å². The lowest BCUT2D eigenvalue weighted by molar-refractivity contribution is 0.0680. The Morgan fingerprint density at radius 2 is 2.15 bits per heavy atom. The molecule has 0 aromatic carbocycles. The second-order valence-electron chi connectivity index (χ2n) is 5.93. The Labute approximate surface area is 119 Å². The molecule has 0 radical (unpaired) electrons. The van der Waals surface area contributed by atoms with Crippen molar-refractivity contribution in [2.45, 2.75) is 38.5 Å². The molecule has 0 spiro atoms. The summed E-state index contributed by atoms with van der Waals surface area (Å²) in [5, 5.41) is 7.33. The Kier molecular flexibility index (Phi) is 4.05. The maximum absolute atomic E-state index is 12.4. The van der Waals surface area contributed by atoms with E-state index in [9.17, 15) is 4.79 Å². The zero-order chi connectivity index (χ0) is 13.9. The van der Waals surface area contributed by atoms with Crippen LogP contribution in [-0.2, 0) is 0 Å². The number of hydrogen-bond donors (Lipinski definition) is 1. The van der Waals surface area contributed by atoms with Crippen LogP contribution in [0.25, 0.3) is 0 Å². The number of amides is 1. The van der Waals surface area contributed by atoms with Crippen molar-refractivity contribution in [2.24, 2.45) is 5.92 Å². The first-order valence-electron chi connectivity index (χ1n) is 7.74. The third-order valence-electron chi connectivity index (χ3n) is 4.31. The summed E-state index contributed by atoms with van der Waals surface area (Å²) in [7, 11) is 0. The van der Waals surface area contributed by atoms with Crippen molar-refractivity contribution in [1.82, 2.24) is 15.4 Å². The quantitative estimate of drug-likeness (QED) is 0.894. The van der Waals surface area contributed by atoms with Crippen LogP contribution in [0.1, 0.15) is 54.8 Å². The van der Waals surface area contributed by atoms with Crippen LogP contribution in [0.15, 0.2) is 10.6 Å². The van der Waals surface area contributed by atoms with Gasteiger partial charge in [0.05, 0.1) is 0 Å². The number of carbonyl (C=O) groups excluding carboxylic acids is 1. The van der Waals surface area contributed by atoms with E-state index in [0.717, 1.165) is 44.8 Å².